The average Bonchev–Trinajstić information content (AvgIpc) is 1.72. The summed E-state index contributed by atoms with van der Waals surface area (Å²) in [5, 5.41) is 0. The van der Waals surface area contributed by atoms with Crippen LogP contribution in [0.4, 0.5) is 0 Å². The van der Waals surface area contributed by atoms with Crippen molar-refractivity contribution in [1.29, 1.82) is 0 Å². The standard InChI is InChI=1S/C5H5N.2O.Ti/c1-2-4-6-5-3-1;;;/h1-5H;;;/q;2*-2;+4. The second kappa shape index (κ2) is 10.7. The summed E-state index contributed by atoms with van der Waals surface area (Å²) in [6.07, 6.45) is 3.50. The topological polar surface area (TPSA) is 69.9 Å². The van der Waals surface area contributed by atoms with E-state index in [2.05, 4.69) is 4.98 Å². The number of nitrogens with zero attached hydrogens (tertiary/aromatic N) is 1. The van der Waals surface area contributed by atoms with E-state index < -0.39 is 0 Å². The fourth-order valence-corrected chi connectivity index (χ4v) is 0.313. The van der Waals surface area contributed by atoms with Gasteiger partial charge in [-0.3, -0.25) is 4.98 Å². The van der Waals surface area contributed by atoms with Crippen molar-refractivity contribution in [3.63, 3.8) is 0 Å². The van der Waals surface area contributed by atoms with Gasteiger partial charge in [-0.15, -0.1) is 0 Å². The molecule has 0 spiro atoms. The Balaban J connectivity index is -0.000000120. The van der Waals surface area contributed by atoms with Gasteiger partial charge in [0.15, 0.2) is 0 Å². The van der Waals surface area contributed by atoms with E-state index in [4.69, 9.17) is 0 Å². The van der Waals surface area contributed by atoms with Crippen molar-refractivity contribution in [3.8, 4) is 0 Å². The molecular weight excluding hydrogens is 154 g/mol. The molecule has 0 aliphatic heterocycles. The molecule has 0 atom stereocenters. The van der Waals surface area contributed by atoms with E-state index in [1.165, 1.54) is 0 Å². The van der Waals surface area contributed by atoms with Gasteiger partial charge < -0.3 is 11.0 Å². The van der Waals surface area contributed by atoms with Gasteiger partial charge in [-0.2, -0.15) is 0 Å². The zero-order valence-corrected chi connectivity index (χ0v) is 6.21. The van der Waals surface area contributed by atoms with E-state index in [-0.39, 0.29) is 32.7 Å². The molecule has 0 aliphatic carbocycles. The van der Waals surface area contributed by atoms with E-state index in [0.717, 1.165) is 0 Å². The van der Waals surface area contributed by atoms with E-state index in [0.29, 0.717) is 0 Å². The van der Waals surface area contributed by atoms with Crippen LogP contribution in [0.15, 0.2) is 30.6 Å². The molecule has 1 rings (SSSR count). The maximum Gasteiger partial charge on any atom is 4.00 e. The van der Waals surface area contributed by atoms with E-state index >= 15 is 0 Å². The van der Waals surface area contributed by atoms with Gasteiger partial charge in [-0.1, -0.05) is 6.07 Å². The minimum atomic E-state index is 0. The number of hydrogen-bond donors (Lipinski definition) is 0. The molecule has 3 nitrogen and oxygen atoms in total. The molecule has 0 amide bonds. The summed E-state index contributed by atoms with van der Waals surface area (Å²) in [5.41, 5.74) is 0. The molecule has 0 unspecified atom stereocenters. The van der Waals surface area contributed by atoms with Gasteiger partial charge in [0, 0.05) is 12.4 Å². The first-order valence-electron chi connectivity index (χ1n) is 1.85. The molecule has 1 aromatic heterocycles. The zero-order valence-electron chi connectivity index (χ0n) is 4.65. The van der Waals surface area contributed by atoms with Crippen LogP contribution in [0.5, 0.6) is 0 Å². The van der Waals surface area contributed by atoms with E-state index in [1.54, 1.807) is 12.4 Å². The van der Waals surface area contributed by atoms with Crippen LogP contribution in [-0.2, 0) is 32.7 Å². The maximum atomic E-state index is 3.78. The summed E-state index contributed by atoms with van der Waals surface area (Å²) in [4.78, 5) is 3.78. The molecule has 0 radical (unpaired) electrons. The summed E-state index contributed by atoms with van der Waals surface area (Å²) >= 11 is 0. The van der Waals surface area contributed by atoms with Crippen LogP contribution in [0.25, 0.3) is 0 Å². The van der Waals surface area contributed by atoms with E-state index in [9.17, 15) is 0 Å². The van der Waals surface area contributed by atoms with Crippen LogP contribution in [-0.4, -0.2) is 4.98 Å². The molecule has 0 saturated heterocycles. The third-order valence-corrected chi connectivity index (χ3v) is 0.566. The number of hydrogen-bond acceptors (Lipinski definition) is 1. The fourth-order valence-electron chi connectivity index (χ4n) is 0.313. The molecule has 0 bridgehead atoms. The van der Waals surface area contributed by atoms with Gasteiger partial charge in [-0.25, -0.2) is 0 Å². The summed E-state index contributed by atoms with van der Waals surface area (Å²) < 4.78 is 0. The summed E-state index contributed by atoms with van der Waals surface area (Å²) in [5.74, 6) is 0. The van der Waals surface area contributed by atoms with Crippen LogP contribution in [0, 0.1) is 0 Å². The Hall–Kier alpha value is -0.216. The zero-order chi connectivity index (χ0) is 4.24. The van der Waals surface area contributed by atoms with Gasteiger partial charge in [0.1, 0.15) is 0 Å². The Kier molecular flexibility index (Phi) is 18.9. The van der Waals surface area contributed by atoms with Crippen molar-refractivity contribution in [2.45, 2.75) is 0 Å². The minimum absolute atomic E-state index is 0. The van der Waals surface area contributed by atoms with Crippen LogP contribution < -0.4 is 0 Å². The minimum Gasteiger partial charge on any atom is -2.00 e. The molecular formula is C5H5NO2Ti. The summed E-state index contributed by atoms with van der Waals surface area (Å²) in [6, 6.07) is 5.72. The first-order valence-corrected chi connectivity index (χ1v) is 1.85. The van der Waals surface area contributed by atoms with Crippen LogP contribution in [0.1, 0.15) is 0 Å². The van der Waals surface area contributed by atoms with Crippen molar-refractivity contribution in [3.05, 3.63) is 30.6 Å². The molecule has 0 aliphatic rings. The smallest absolute Gasteiger partial charge is 2.00 e. The summed E-state index contributed by atoms with van der Waals surface area (Å²) in [7, 11) is 0. The van der Waals surface area contributed by atoms with Crippen LogP contribution in [0.3, 0.4) is 0 Å². The van der Waals surface area contributed by atoms with Crippen LogP contribution >= 0.6 is 0 Å². The van der Waals surface area contributed by atoms with Gasteiger partial charge in [0.2, 0.25) is 0 Å². The Labute approximate surface area is 68.6 Å². The third-order valence-electron chi connectivity index (χ3n) is 0.566. The number of aromatic nitrogens is 1. The second-order valence-electron chi connectivity index (χ2n) is 1.02. The maximum absolute atomic E-state index is 3.78. The van der Waals surface area contributed by atoms with Crippen molar-refractivity contribution >= 4 is 0 Å². The van der Waals surface area contributed by atoms with Gasteiger partial charge >= 0.3 is 21.7 Å². The SMILES string of the molecule is [O-2].[O-2].[Ti+4].c1ccncc1. The molecule has 1 heterocycles. The monoisotopic (exact) mass is 159 g/mol. The predicted octanol–water partition coefficient (Wildman–Crippen LogP) is 0.841. The largest absolute Gasteiger partial charge is 4.00 e. The number of rotatable bonds is 0. The molecule has 4 heteroatoms. The van der Waals surface area contributed by atoms with Crippen molar-refractivity contribution in [1.82, 2.24) is 4.98 Å². The Morgan fingerprint density at radius 2 is 1.22 bits per heavy atom. The predicted molar refractivity (Wildman–Crippen MR) is 25.6 cm³/mol. The molecule has 0 saturated carbocycles. The van der Waals surface area contributed by atoms with Crippen molar-refractivity contribution in [2.75, 3.05) is 0 Å². The average molecular weight is 159 g/mol. The van der Waals surface area contributed by atoms with Gasteiger partial charge in [-0.05, 0) is 12.1 Å². The van der Waals surface area contributed by atoms with Gasteiger partial charge in [0.25, 0.3) is 0 Å². The molecule has 9 heavy (non-hydrogen) atoms. The molecule has 46 valence electrons. The fraction of sp³-hybridized carbons (Fsp3) is 0. The third kappa shape index (κ3) is 7.78. The molecule has 0 N–H and O–H groups in total. The summed E-state index contributed by atoms with van der Waals surface area (Å²) in [6.45, 7) is 0. The second-order valence-corrected chi connectivity index (χ2v) is 1.02. The normalized spacial score (nSPS) is 5.33. The van der Waals surface area contributed by atoms with Gasteiger partial charge in [0.05, 0.1) is 0 Å². The van der Waals surface area contributed by atoms with Crippen LogP contribution in [0.2, 0.25) is 0 Å². The quantitative estimate of drug-likeness (QED) is 0.517. The molecule has 0 fully saturated rings. The van der Waals surface area contributed by atoms with Crippen molar-refractivity contribution in [2.24, 2.45) is 0 Å². The van der Waals surface area contributed by atoms with E-state index in [1.807, 2.05) is 18.2 Å². The number of pyridine rings is 1. The molecule has 1 aromatic rings. The van der Waals surface area contributed by atoms with Crippen molar-refractivity contribution < 1.29 is 32.7 Å². The Bertz CT molecular complexity index is 86.9. The molecule has 0 aromatic carbocycles. The first-order chi connectivity index (χ1) is 3.00. The Morgan fingerprint density at radius 3 is 1.33 bits per heavy atom. The first kappa shape index (κ1) is 15.9. The Morgan fingerprint density at radius 1 is 0.778 bits per heavy atom.